The molecule has 0 spiro atoms. The van der Waals surface area contributed by atoms with Crippen LogP contribution in [0.25, 0.3) is 16.9 Å². The van der Waals surface area contributed by atoms with E-state index in [9.17, 15) is 13.8 Å². The molecule has 12 heteroatoms. The summed E-state index contributed by atoms with van der Waals surface area (Å²) >= 11 is 0. The Kier molecular flexibility index (Phi) is 6.53. The number of likely N-dealkylation sites (tertiary alicyclic amines) is 1. The highest BCUT2D eigenvalue weighted by Gasteiger charge is 2.27. The van der Waals surface area contributed by atoms with Crippen LogP contribution in [0, 0.1) is 5.92 Å². The van der Waals surface area contributed by atoms with Crippen molar-refractivity contribution in [3.05, 3.63) is 78.2 Å². The predicted octanol–water partition coefficient (Wildman–Crippen LogP) is 3.27. The van der Waals surface area contributed by atoms with Crippen molar-refractivity contribution in [3.63, 3.8) is 0 Å². The van der Waals surface area contributed by atoms with Gasteiger partial charge in [-0.05, 0) is 49.2 Å². The van der Waals surface area contributed by atoms with Crippen LogP contribution < -0.4 is 15.8 Å². The number of rotatable bonds is 5. The number of amidine groups is 1. The summed E-state index contributed by atoms with van der Waals surface area (Å²) in [5, 5.41) is 1.83. The summed E-state index contributed by atoms with van der Waals surface area (Å²) in [7, 11) is -2.12. The first kappa shape index (κ1) is 24.7. The van der Waals surface area contributed by atoms with Gasteiger partial charge in [-0.2, -0.15) is 4.40 Å². The van der Waals surface area contributed by atoms with Gasteiger partial charge in [0.25, 0.3) is 5.91 Å². The topological polar surface area (TPSA) is 145 Å². The fourth-order valence-corrected chi connectivity index (χ4v) is 5.50. The molecule has 1 fully saturated rings. The summed E-state index contributed by atoms with van der Waals surface area (Å²) in [6, 6.07) is 16.4. The first-order valence-corrected chi connectivity index (χ1v) is 13.6. The average Bonchev–Trinajstić information content (AvgIpc) is 3.35. The lowest BCUT2D eigenvalue weighted by atomic mass is 9.98. The molecule has 0 radical (unpaired) electrons. The van der Waals surface area contributed by atoms with Gasteiger partial charge in [0, 0.05) is 30.8 Å². The van der Waals surface area contributed by atoms with Crippen LogP contribution in [0.5, 0.6) is 5.75 Å². The van der Waals surface area contributed by atoms with Crippen LogP contribution in [-0.2, 0) is 11.0 Å². The molecule has 0 aliphatic carbocycles. The summed E-state index contributed by atoms with van der Waals surface area (Å²) < 4.78 is 23.7. The van der Waals surface area contributed by atoms with Crippen LogP contribution in [0.2, 0.25) is 0 Å². The van der Waals surface area contributed by atoms with Gasteiger partial charge in [-0.1, -0.05) is 18.2 Å². The number of piperidine rings is 1. The number of amides is 2. The van der Waals surface area contributed by atoms with Crippen molar-refractivity contribution in [1.82, 2.24) is 19.4 Å². The van der Waals surface area contributed by atoms with Crippen molar-refractivity contribution in [2.24, 2.45) is 16.0 Å². The summed E-state index contributed by atoms with van der Waals surface area (Å²) in [5.74, 6) is 1.05. The molecule has 0 saturated carbocycles. The van der Waals surface area contributed by atoms with E-state index in [2.05, 4.69) is 19.7 Å². The van der Waals surface area contributed by atoms with Crippen molar-refractivity contribution in [3.8, 4) is 11.6 Å². The van der Waals surface area contributed by atoms with Crippen molar-refractivity contribution in [2.45, 2.75) is 12.8 Å². The number of fused-ring (bicyclic) bond motifs is 2. The molecule has 1 saturated heterocycles. The number of pyridine rings is 1. The first-order chi connectivity index (χ1) is 19.0. The van der Waals surface area contributed by atoms with E-state index >= 15 is 0 Å². The molecule has 2 aliphatic rings. The molecular formula is C27H25N7O4S. The van der Waals surface area contributed by atoms with Crippen molar-refractivity contribution >= 4 is 44.7 Å². The van der Waals surface area contributed by atoms with E-state index in [1.54, 1.807) is 42.9 Å². The Labute approximate surface area is 226 Å². The quantitative estimate of drug-likeness (QED) is 0.393. The minimum atomic E-state index is -2.12. The Morgan fingerprint density at radius 3 is 2.92 bits per heavy atom. The Bertz CT molecular complexity index is 1650. The SMILES string of the molecule is NC1=NS(=O)C(=O)Nc2cccc(OC[C@H]3CCCN(C(=O)c4ccnc(-n5cnc6ccccc65)c4)C3)c21. The number of hydrogen-bond donors (Lipinski definition) is 2. The zero-order chi connectivity index (χ0) is 26.9. The van der Waals surface area contributed by atoms with Crippen LogP contribution in [0.1, 0.15) is 28.8 Å². The zero-order valence-corrected chi connectivity index (χ0v) is 21.6. The standard InChI is InChI=1S/C27H25N7O4S/c28-25-24-20(31-27(36)39(37)32-25)7-3-9-22(24)38-15-17-5-4-12-33(14-17)26(35)18-10-11-29-23(13-18)34-16-30-19-6-1-2-8-21(19)34/h1-3,6-11,13,16-17H,4-5,12,14-15H2,(H2,28,32)(H,31,36)/t17-,39?/m0/s1. The predicted molar refractivity (Wildman–Crippen MR) is 147 cm³/mol. The van der Waals surface area contributed by atoms with E-state index < -0.39 is 16.2 Å². The summed E-state index contributed by atoms with van der Waals surface area (Å²) in [5.41, 5.74) is 9.15. The maximum atomic E-state index is 13.5. The number of nitrogens with one attached hydrogen (secondary N) is 1. The Balaban J connectivity index is 1.16. The number of carbonyl (C=O) groups is 2. The van der Waals surface area contributed by atoms with E-state index in [0.29, 0.717) is 48.1 Å². The number of nitrogens with two attached hydrogens (primary N) is 1. The summed E-state index contributed by atoms with van der Waals surface area (Å²) in [4.78, 5) is 36.1. The molecule has 2 aromatic carbocycles. The van der Waals surface area contributed by atoms with Crippen LogP contribution >= 0.6 is 0 Å². The largest absolute Gasteiger partial charge is 0.492 e. The third-order valence-corrected chi connectivity index (χ3v) is 7.61. The van der Waals surface area contributed by atoms with Gasteiger partial charge in [0.1, 0.15) is 23.7 Å². The minimum absolute atomic E-state index is 0.0307. The number of nitrogens with zero attached hydrogens (tertiary/aromatic N) is 5. The van der Waals surface area contributed by atoms with Crippen LogP contribution in [-0.4, -0.2) is 60.3 Å². The van der Waals surface area contributed by atoms with Crippen molar-refractivity contribution in [1.29, 1.82) is 0 Å². The lowest BCUT2D eigenvalue weighted by molar-refractivity contribution is 0.0633. The van der Waals surface area contributed by atoms with Gasteiger partial charge in [-0.15, -0.1) is 0 Å². The van der Waals surface area contributed by atoms with E-state index in [1.165, 1.54) is 0 Å². The van der Waals surface area contributed by atoms with Crippen molar-refractivity contribution in [2.75, 3.05) is 25.0 Å². The lowest BCUT2D eigenvalue weighted by Gasteiger charge is -2.33. The molecule has 2 aliphatic heterocycles. The van der Waals surface area contributed by atoms with Gasteiger partial charge in [-0.25, -0.2) is 14.2 Å². The van der Waals surface area contributed by atoms with Crippen LogP contribution in [0.4, 0.5) is 10.5 Å². The number of carbonyl (C=O) groups excluding carboxylic acids is 2. The summed E-state index contributed by atoms with van der Waals surface area (Å²) in [6.45, 7) is 1.52. The highest BCUT2D eigenvalue weighted by Crippen LogP contribution is 2.30. The molecule has 1 unspecified atom stereocenters. The monoisotopic (exact) mass is 543 g/mol. The number of benzene rings is 2. The number of hydrogen-bond acceptors (Lipinski definition) is 7. The molecule has 6 rings (SSSR count). The van der Waals surface area contributed by atoms with E-state index in [0.717, 1.165) is 23.9 Å². The van der Waals surface area contributed by atoms with E-state index in [-0.39, 0.29) is 17.7 Å². The smallest absolute Gasteiger partial charge is 0.336 e. The Hall–Kier alpha value is -4.58. The molecular weight excluding hydrogens is 518 g/mol. The van der Waals surface area contributed by atoms with Gasteiger partial charge >= 0.3 is 5.24 Å². The summed E-state index contributed by atoms with van der Waals surface area (Å²) in [6.07, 6.45) is 5.09. The Morgan fingerprint density at radius 2 is 2.03 bits per heavy atom. The molecule has 0 bridgehead atoms. The number of para-hydroxylation sites is 2. The molecule has 4 heterocycles. The fraction of sp³-hybridized carbons (Fsp3) is 0.222. The molecule has 2 atom stereocenters. The molecule has 11 nitrogen and oxygen atoms in total. The van der Waals surface area contributed by atoms with Gasteiger partial charge in [0.05, 0.1) is 28.9 Å². The minimum Gasteiger partial charge on any atom is -0.492 e. The van der Waals surface area contributed by atoms with E-state index in [4.69, 9.17) is 10.5 Å². The average molecular weight is 544 g/mol. The third-order valence-electron chi connectivity index (χ3n) is 6.83. The molecule has 4 aromatic rings. The third kappa shape index (κ3) is 4.86. The Morgan fingerprint density at radius 1 is 1.15 bits per heavy atom. The second kappa shape index (κ2) is 10.3. The second-order valence-corrected chi connectivity index (χ2v) is 10.4. The van der Waals surface area contributed by atoms with E-state index in [1.807, 2.05) is 33.7 Å². The lowest BCUT2D eigenvalue weighted by Crippen LogP contribution is -2.41. The van der Waals surface area contributed by atoms with Gasteiger partial charge in [0.2, 0.25) is 11.0 Å². The highest BCUT2D eigenvalue weighted by molar-refractivity contribution is 7.99. The fourth-order valence-electron chi connectivity index (χ4n) is 4.95. The number of aromatic nitrogens is 3. The molecule has 2 amide bonds. The molecule has 2 aromatic heterocycles. The van der Waals surface area contributed by atoms with Gasteiger partial charge in [-0.3, -0.25) is 14.2 Å². The number of ether oxygens (including phenoxy) is 1. The first-order valence-electron chi connectivity index (χ1n) is 12.5. The molecule has 39 heavy (non-hydrogen) atoms. The molecule has 198 valence electrons. The normalized spacial score (nSPS) is 19.1. The van der Waals surface area contributed by atoms with Gasteiger partial charge in [0.15, 0.2) is 0 Å². The van der Waals surface area contributed by atoms with Gasteiger partial charge < -0.3 is 20.7 Å². The highest BCUT2D eigenvalue weighted by atomic mass is 32.2. The maximum absolute atomic E-state index is 13.5. The zero-order valence-electron chi connectivity index (χ0n) is 20.8. The molecule has 3 N–H and O–H groups in total. The number of imidazole rings is 1. The van der Waals surface area contributed by atoms with Crippen molar-refractivity contribution < 1.29 is 18.5 Å². The number of anilines is 1. The second-order valence-electron chi connectivity index (χ2n) is 9.39. The maximum Gasteiger partial charge on any atom is 0.336 e. The van der Waals surface area contributed by atoms with Crippen LogP contribution in [0.3, 0.4) is 0 Å². The van der Waals surface area contributed by atoms with Crippen LogP contribution in [0.15, 0.2) is 71.5 Å².